The van der Waals surface area contributed by atoms with E-state index in [0.29, 0.717) is 23.3 Å². The first-order chi connectivity index (χ1) is 9.18. The number of aromatic nitrogens is 2. The highest BCUT2D eigenvalue weighted by atomic mass is 19.4. The number of imidazole rings is 1. The molecule has 1 unspecified atom stereocenters. The number of hydrogen-bond acceptors (Lipinski definition) is 2. The predicted octanol–water partition coefficient (Wildman–Crippen LogP) is 3.68. The molecule has 6 heteroatoms. The van der Waals surface area contributed by atoms with Gasteiger partial charge in [-0.05, 0) is 36.0 Å². The van der Waals surface area contributed by atoms with Crippen LogP contribution in [-0.2, 0) is 12.7 Å². The van der Waals surface area contributed by atoms with Crippen LogP contribution in [-0.4, -0.2) is 9.55 Å². The summed E-state index contributed by atoms with van der Waals surface area (Å²) in [6, 6.07) is 4.71. The number of alkyl halides is 3. The van der Waals surface area contributed by atoms with Gasteiger partial charge in [-0.1, -0.05) is 13.8 Å². The van der Waals surface area contributed by atoms with Crippen LogP contribution in [0.5, 0.6) is 0 Å². The minimum atomic E-state index is -4.45. The van der Waals surface area contributed by atoms with Crippen molar-refractivity contribution in [1.29, 1.82) is 0 Å². The first-order valence-corrected chi connectivity index (χ1v) is 6.51. The van der Waals surface area contributed by atoms with Crippen LogP contribution in [0, 0.1) is 11.3 Å². The molecule has 0 saturated heterocycles. The molecule has 1 heterocycles. The van der Waals surface area contributed by atoms with Crippen LogP contribution >= 0.6 is 0 Å². The number of rotatable bonds is 2. The molecule has 1 atom stereocenters. The third-order valence-corrected chi connectivity index (χ3v) is 4.15. The lowest BCUT2D eigenvalue weighted by molar-refractivity contribution is -0.147. The van der Waals surface area contributed by atoms with Gasteiger partial charge in [0, 0.05) is 12.2 Å². The van der Waals surface area contributed by atoms with Crippen LogP contribution in [0.4, 0.5) is 18.9 Å². The van der Waals surface area contributed by atoms with Gasteiger partial charge in [0.1, 0.15) is 0 Å². The summed E-state index contributed by atoms with van der Waals surface area (Å²) in [5.41, 5.74) is 6.95. The third-order valence-electron chi connectivity index (χ3n) is 4.15. The highest BCUT2D eigenvalue weighted by Crippen LogP contribution is 2.53. The van der Waals surface area contributed by atoms with E-state index in [2.05, 4.69) is 18.8 Å². The van der Waals surface area contributed by atoms with Gasteiger partial charge < -0.3 is 10.3 Å². The van der Waals surface area contributed by atoms with Gasteiger partial charge in [0.15, 0.2) is 0 Å². The van der Waals surface area contributed by atoms with Crippen molar-refractivity contribution >= 4 is 16.7 Å². The molecule has 2 aromatic rings. The van der Waals surface area contributed by atoms with Crippen LogP contribution < -0.4 is 5.73 Å². The summed E-state index contributed by atoms with van der Waals surface area (Å²) in [6.07, 6.45) is -3.51. The Morgan fingerprint density at radius 2 is 2.05 bits per heavy atom. The van der Waals surface area contributed by atoms with E-state index in [0.717, 1.165) is 6.42 Å². The fourth-order valence-electron chi connectivity index (χ4n) is 2.66. The Kier molecular flexibility index (Phi) is 2.59. The van der Waals surface area contributed by atoms with Crippen LogP contribution in [0.1, 0.15) is 26.1 Å². The quantitative estimate of drug-likeness (QED) is 0.854. The van der Waals surface area contributed by atoms with Gasteiger partial charge in [0.25, 0.3) is 0 Å². The molecular formula is C14H16F3N3. The second-order valence-corrected chi connectivity index (χ2v) is 6.18. The molecule has 1 aromatic carbocycles. The van der Waals surface area contributed by atoms with Crippen molar-refractivity contribution in [1.82, 2.24) is 9.55 Å². The lowest BCUT2D eigenvalue weighted by Gasteiger charge is -2.12. The number of nitrogen functional groups attached to an aromatic ring is 1. The monoisotopic (exact) mass is 283 g/mol. The summed E-state index contributed by atoms with van der Waals surface area (Å²) < 4.78 is 40.7. The van der Waals surface area contributed by atoms with Gasteiger partial charge in [-0.25, -0.2) is 4.98 Å². The van der Waals surface area contributed by atoms with Crippen LogP contribution in [0.3, 0.4) is 0 Å². The van der Waals surface area contributed by atoms with Crippen LogP contribution in [0.25, 0.3) is 11.0 Å². The molecular weight excluding hydrogens is 267 g/mol. The first kappa shape index (κ1) is 13.3. The number of nitrogens with zero attached hydrogens (tertiary/aromatic N) is 2. The Bertz CT molecular complexity index is 670. The van der Waals surface area contributed by atoms with E-state index < -0.39 is 12.0 Å². The Morgan fingerprint density at radius 3 is 2.60 bits per heavy atom. The van der Waals surface area contributed by atoms with Crippen LogP contribution in [0.15, 0.2) is 18.2 Å². The van der Waals surface area contributed by atoms with E-state index in [1.54, 1.807) is 12.1 Å². The van der Waals surface area contributed by atoms with Gasteiger partial charge in [0.2, 0.25) is 5.82 Å². The summed E-state index contributed by atoms with van der Waals surface area (Å²) in [5.74, 6) is -0.570. The fraction of sp³-hybridized carbons (Fsp3) is 0.500. The molecule has 0 amide bonds. The minimum Gasteiger partial charge on any atom is -0.399 e. The zero-order chi connectivity index (χ0) is 14.7. The van der Waals surface area contributed by atoms with Crippen molar-refractivity contribution in [2.24, 2.45) is 11.3 Å². The topological polar surface area (TPSA) is 43.8 Å². The minimum absolute atomic E-state index is 0.118. The van der Waals surface area contributed by atoms with E-state index in [-0.39, 0.29) is 11.3 Å². The molecule has 0 aliphatic heterocycles. The molecule has 2 N–H and O–H groups in total. The molecule has 3 rings (SSSR count). The van der Waals surface area contributed by atoms with E-state index >= 15 is 0 Å². The van der Waals surface area contributed by atoms with Gasteiger partial charge in [0.05, 0.1) is 11.0 Å². The number of halogens is 3. The van der Waals surface area contributed by atoms with E-state index in [9.17, 15) is 13.2 Å². The van der Waals surface area contributed by atoms with Crippen LogP contribution in [0.2, 0.25) is 0 Å². The number of benzene rings is 1. The lowest BCUT2D eigenvalue weighted by atomic mass is 10.1. The largest absolute Gasteiger partial charge is 0.449 e. The summed E-state index contributed by atoms with van der Waals surface area (Å²) in [7, 11) is 0. The number of nitrogens with two attached hydrogens (primary N) is 1. The standard InChI is InChI=1S/C14H16F3N3/c1-13(2)6-8(13)7-20-11-4-3-9(18)5-10(11)19-12(20)14(15,16)17/h3-5,8H,6-7,18H2,1-2H3. The zero-order valence-corrected chi connectivity index (χ0v) is 11.3. The maximum atomic E-state index is 13.1. The summed E-state index contributed by atoms with van der Waals surface area (Å²) >= 11 is 0. The Hall–Kier alpha value is -1.72. The molecule has 0 radical (unpaired) electrons. The summed E-state index contributed by atoms with van der Waals surface area (Å²) in [5, 5.41) is 0. The lowest BCUT2D eigenvalue weighted by Crippen LogP contribution is -2.16. The fourth-order valence-corrected chi connectivity index (χ4v) is 2.66. The molecule has 1 saturated carbocycles. The summed E-state index contributed by atoms with van der Waals surface area (Å²) in [4.78, 5) is 3.73. The average molecular weight is 283 g/mol. The Balaban J connectivity index is 2.11. The van der Waals surface area contributed by atoms with Crippen molar-refractivity contribution < 1.29 is 13.2 Å². The maximum Gasteiger partial charge on any atom is 0.449 e. The highest BCUT2D eigenvalue weighted by Gasteiger charge is 2.47. The molecule has 0 spiro atoms. The average Bonchev–Trinajstić information content (AvgIpc) is 2.75. The van der Waals surface area contributed by atoms with Crippen molar-refractivity contribution in [2.45, 2.75) is 33.0 Å². The van der Waals surface area contributed by atoms with Gasteiger partial charge >= 0.3 is 6.18 Å². The number of fused-ring (bicyclic) bond motifs is 1. The van der Waals surface area contributed by atoms with Crippen molar-refractivity contribution in [2.75, 3.05) is 5.73 Å². The van der Waals surface area contributed by atoms with E-state index in [1.807, 2.05) is 0 Å². The van der Waals surface area contributed by atoms with Crippen molar-refractivity contribution in [3.8, 4) is 0 Å². The van der Waals surface area contributed by atoms with Gasteiger partial charge in [-0.3, -0.25) is 0 Å². The maximum absolute atomic E-state index is 13.1. The molecule has 0 bridgehead atoms. The number of anilines is 1. The van der Waals surface area contributed by atoms with Crippen molar-refractivity contribution in [3.63, 3.8) is 0 Å². The molecule has 20 heavy (non-hydrogen) atoms. The highest BCUT2D eigenvalue weighted by molar-refractivity contribution is 5.79. The molecule has 1 aromatic heterocycles. The zero-order valence-electron chi connectivity index (χ0n) is 11.3. The molecule has 3 nitrogen and oxygen atoms in total. The molecule has 1 fully saturated rings. The SMILES string of the molecule is CC1(C)CC1Cn1c(C(F)(F)F)nc2cc(N)ccc21. The molecule has 1 aliphatic rings. The summed E-state index contributed by atoms with van der Waals surface area (Å²) in [6.45, 7) is 4.49. The Morgan fingerprint density at radius 1 is 1.40 bits per heavy atom. The van der Waals surface area contributed by atoms with Crippen molar-refractivity contribution in [3.05, 3.63) is 24.0 Å². The molecule has 1 aliphatic carbocycles. The van der Waals surface area contributed by atoms with Gasteiger partial charge in [-0.15, -0.1) is 0 Å². The normalized spacial score (nSPS) is 21.4. The Labute approximate surface area is 114 Å². The second-order valence-electron chi connectivity index (χ2n) is 6.18. The smallest absolute Gasteiger partial charge is 0.399 e. The second kappa shape index (κ2) is 3.90. The third kappa shape index (κ3) is 2.13. The van der Waals surface area contributed by atoms with Gasteiger partial charge in [-0.2, -0.15) is 13.2 Å². The number of hydrogen-bond donors (Lipinski definition) is 1. The predicted molar refractivity (Wildman–Crippen MR) is 71.0 cm³/mol. The first-order valence-electron chi connectivity index (χ1n) is 6.51. The van der Waals surface area contributed by atoms with E-state index in [4.69, 9.17) is 5.73 Å². The van der Waals surface area contributed by atoms with E-state index in [1.165, 1.54) is 10.6 Å². The molecule has 108 valence electrons.